The Labute approximate surface area is 160 Å². The molecule has 0 unspecified atom stereocenters. The standard InChI is InChI=1S/C21H16N2O2.C2H6/c1-24-20-8-6-16(10-12-23)14-21(20)25-19-4-2-3-17-7-5-15(9-11-22)13-18(17)19;1-2/h2-8,13-14H,9-10H2,1H3;1-2H3. The van der Waals surface area contributed by atoms with Crippen LogP contribution in [0.1, 0.15) is 25.0 Å². The van der Waals surface area contributed by atoms with Gasteiger partial charge in [0.05, 0.1) is 32.1 Å². The third kappa shape index (κ3) is 4.77. The molecule has 0 amide bonds. The average Bonchev–Trinajstić information content (AvgIpc) is 2.71. The van der Waals surface area contributed by atoms with Crippen LogP contribution in [-0.4, -0.2) is 7.11 Å². The Morgan fingerprint density at radius 3 is 2.11 bits per heavy atom. The molecule has 0 fully saturated rings. The monoisotopic (exact) mass is 358 g/mol. The third-order valence-corrected chi connectivity index (χ3v) is 3.92. The molecule has 0 saturated carbocycles. The molecule has 4 nitrogen and oxygen atoms in total. The summed E-state index contributed by atoms with van der Waals surface area (Å²) in [6, 6.07) is 21.5. The highest BCUT2D eigenvalue weighted by molar-refractivity contribution is 5.89. The fourth-order valence-electron chi connectivity index (χ4n) is 2.70. The lowest BCUT2D eigenvalue weighted by molar-refractivity contribution is 0.380. The molecule has 3 aromatic rings. The van der Waals surface area contributed by atoms with Crippen molar-refractivity contribution in [1.82, 2.24) is 0 Å². The molecule has 136 valence electrons. The van der Waals surface area contributed by atoms with Gasteiger partial charge in [-0.05, 0) is 40.8 Å². The van der Waals surface area contributed by atoms with E-state index in [2.05, 4.69) is 12.1 Å². The minimum Gasteiger partial charge on any atom is -0.493 e. The lowest BCUT2D eigenvalue weighted by Gasteiger charge is -2.13. The molecular formula is C23H22N2O2. The SMILES string of the molecule is CC.COc1ccc(CC#N)cc1Oc1cccc2ccc(CC#N)cc12. The van der Waals surface area contributed by atoms with E-state index in [-0.39, 0.29) is 0 Å². The van der Waals surface area contributed by atoms with Crippen molar-refractivity contribution >= 4 is 10.8 Å². The molecule has 0 aliphatic carbocycles. The van der Waals surface area contributed by atoms with Crippen LogP contribution in [0.15, 0.2) is 54.6 Å². The lowest BCUT2D eigenvalue weighted by atomic mass is 10.0. The normalized spacial score (nSPS) is 9.52. The van der Waals surface area contributed by atoms with E-state index in [1.165, 1.54) is 0 Å². The van der Waals surface area contributed by atoms with E-state index in [0.717, 1.165) is 21.9 Å². The van der Waals surface area contributed by atoms with Crippen molar-refractivity contribution in [3.8, 4) is 29.4 Å². The van der Waals surface area contributed by atoms with Gasteiger partial charge in [-0.1, -0.05) is 44.2 Å². The van der Waals surface area contributed by atoms with Gasteiger partial charge in [-0.2, -0.15) is 10.5 Å². The molecule has 0 spiro atoms. The fraction of sp³-hybridized carbons (Fsp3) is 0.217. The Morgan fingerprint density at radius 1 is 0.778 bits per heavy atom. The second kappa shape index (κ2) is 9.85. The van der Waals surface area contributed by atoms with Gasteiger partial charge in [-0.15, -0.1) is 0 Å². The Kier molecular flexibility index (Phi) is 7.23. The lowest BCUT2D eigenvalue weighted by Crippen LogP contribution is -1.93. The summed E-state index contributed by atoms with van der Waals surface area (Å²) in [5.41, 5.74) is 1.81. The number of nitrogens with zero attached hydrogens (tertiary/aromatic N) is 2. The smallest absolute Gasteiger partial charge is 0.169 e. The second-order valence-electron chi connectivity index (χ2n) is 5.57. The van der Waals surface area contributed by atoms with E-state index in [9.17, 15) is 0 Å². The number of ether oxygens (including phenoxy) is 2. The van der Waals surface area contributed by atoms with Crippen LogP contribution in [0.3, 0.4) is 0 Å². The Morgan fingerprint density at radius 2 is 1.44 bits per heavy atom. The molecule has 0 bridgehead atoms. The fourth-order valence-corrected chi connectivity index (χ4v) is 2.70. The van der Waals surface area contributed by atoms with E-state index in [0.29, 0.717) is 30.1 Å². The average molecular weight is 358 g/mol. The largest absolute Gasteiger partial charge is 0.493 e. The van der Waals surface area contributed by atoms with Gasteiger partial charge in [0.1, 0.15) is 5.75 Å². The highest BCUT2D eigenvalue weighted by atomic mass is 16.5. The first-order valence-corrected chi connectivity index (χ1v) is 8.85. The van der Waals surface area contributed by atoms with E-state index in [1.807, 2.05) is 62.4 Å². The first-order valence-electron chi connectivity index (χ1n) is 8.85. The molecule has 3 rings (SSSR count). The van der Waals surface area contributed by atoms with Crippen molar-refractivity contribution in [3.05, 3.63) is 65.7 Å². The number of fused-ring (bicyclic) bond motifs is 1. The van der Waals surface area contributed by atoms with Crippen LogP contribution >= 0.6 is 0 Å². The Balaban J connectivity index is 0.00000126. The van der Waals surface area contributed by atoms with Crippen molar-refractivity contribution in [2.24, 2.45) is 0 Å². The molecule has 4 heteroatoms. The third-order valence-electron chi connectivity index (χ3n) is 3.92. The summed E-state index contributed by atoms with van der Waals surface area (Å²) in [5.74, 6) is 1.85. The summed E-state index contributed by atoms with van der Waals surface area (Å²) in [4.78, 5) is 0. The van der Waals surface area contributed by atoms with E-state index < -0.39 is 0 Å². The molecule has 0 N–H and O–H groups in total. The van der Waals surface area contributed by atoms with Crippen molar-refractivity contribution in [3.63, 3.8) is 0 Å². The first kappa shape index (κ1) is 19.8. The van der Waals surface area contributed by atoms with Crippen LogP contribution in [-0.2, 0) is 12.8 Å². The van der Waals surface area contributed by atoms with Gasteiger partial charge >= 0.3 is 0 Å². The number of methoxy groups -OCH3 is 1. The Hall–Kier alpha value is -3.50. The first-order chi connectivity index (χ1) is 13.2. The maximum absolute atomic E-state index is 8.92. The topological polar surface area (TPSA) is 66.0 Å². The van der Waals surface area contributed by atoms with Crippen LogP contribution in [0.5, 0.6) is 17.2 Å². The molecule has 0 aliphatic rings. The van der Waals surface area contributed by atoms with Gasteiger partial charge in [-0.3, -0.25) is 0 Å². The molecule has 0 atom stereocenters. The maximum atomic E-state index is 8.92. The molecule has 27 heavy (non-hydrogen) atoms. The highest BCUT2D eigenvalue weighted by Gasteiger charge is 2.10. The summed E-state index contributed by atoms with van der Waals surface area (Å²) in [6.45, 7) is 4.00. The molecule has 0 aromatic heterocycles. The molecule has 0 heterocycles. The number of hydrogen-bond acceptors (Lipinski definition) is 4. The zero-order valence-electron chi connectivity index (χ0n) is 15.8. The highest BCUT2D eigenvalue weighted by Crippen LogP contribution is 2.36. The van der Waals surface area contributed by atoms with Gasteiger partial charge < -0.3 is 9.47 Å². The van der Waals surface area contributed by atoms with Crippen molar-refractivity contribution < 1.29 is 9.47 Å². The zero-order chi connectivity index (χ0) is 19.6. The van der Waals surface area contributed by atoms with E-state index in [1.54, 1.807) is 13.2 Å². The van der Waals surface area contributed by atoms with Crippen LogP contribution in [0.25, 0.3) is 10.8 Å². The number of benzene rings is 3. The summed E-state index contributed by atoms with van der Waals surface area (Å²) in [5, 5.41) is 19.8. The van der Waals surface area contributed by atoms with Crippen LogP contribution in [0, 0.1) is 22.7 Å². The number of hydrogen-bond donors (Lipinski definition) is 0. The summed E-state index contributed by atoms with van der Waals surface area (Å²) < 4.78 is 11.5. The second-order valence-corrected chi connectivity index (χ2v) is 5.57. The Bertz CT molecular complexity index is 997. The summed E-state index contributed by atoms with van der Waals surface area (Å²) >= 11 is 0. The minimum absolute atomic E-state index is 0.308. The van der Waals surface area contributed by atoms with Crippen molar-refractivity contribution in [2.45, 2.75) is 26.7 Å². The predicted molar refractivity (Wildman–Crippen MR) is 107 cm³/mol. The minimum atomic E-state index is 0.308. The van der Waals surface area contributed by atoms with Gasteiger partial charge in [0.2, 0.25) is 0 Å². The molecule has 0 aliphatic heterocycles. The van der Waals surface area contributed by atoms with Gasteiger partial charge in [0.25, 0.3) is 0 Å². The molecule has 0 radical (unpaired) electrons. The summed E-state index contributed by atoms with van der Waals surface area (Å²) in [7, 11) is 1.58. The quantitative estimate of drug-likeness (QED) is 0.578. The van der Waals surface area contributed by atoms with Crippen LogP contribution in [0.4, 0.5) is 0 Å². The van der Waals surface area contributed by atoms with Crippen LogP contribution in [0.2, 0.25) is 0 Å². The molecule has 0 saturated heterocycles. The zero-order valence-corrected chi connectivity index (χ0v) is 15.8. The maximum Gasteiger partial charge on any atom is 0.169 e. The van der Waals surface area contributed by atoms with Crippen molar-refractivity contribution in [1.29, 1.82) is 10.5 Å². The van der Waals surface area contributed by atoms with E-state index >= 15 is 0 Å². The van der Waals surface area contributed by atoms with Gasteiger partial charge in [0, 0.05) is 5.39 Å². The summed E-state index contributed by atoms with van der Waals surface area (Å²) in [6.07, 6.45) is 0.660. The van der Waals surface area contributed by atoms with E-state index in [4.69, 9.17) is 20.0 Å². The van der Waals surface area contributed by atoms with Crippen LogP contribution < -0.4 is 9.47 Å². The predicted octanol–water partition coefficient (Wildman–Crippen LogP) is 5.80. The number of rotatable bonds is 5. The number of nitriles is 2. The molecule has 3 aromatic carbocycles. The molecular weight excluding hydrogens is 336 g/mol. The van der Waals surface area contributed by atoms with Crippen molar-refractivity contribution in [2.75, 3.05) is 7.11 Å². The van der Waals surface area contributed by atoms with Gasteiger partial charge in [0.15, 0.2) is 11.5 Å². The van der Waals surface area contributed by atoms with Gasteiger partial charge in [-0.25, -0.2) is 0 Å².